The van der Waals surface area contributed by atoms with Crippen molar-refractivity contribution in [1.29, 1.82) is 0 Å². The zero-order chi connectivity index (χ0) is 22.0. The third-order valence-electron chi connectivity index (χ3n) is 7.02. The maximum atomic E-state index is 12.6. The first-order chi connectivity index (χ1) is 14.2. The number of aliphatic hydroxyl groups is 2. The zero-order valence-corrected chi connectivity index (χ0v) is 18.5. The lowest BCUT2D eigenvalue weighted by Gasteiger charge is -2.43. The summed E-state index contributed by atoms with van der Waals surface area (Å²) >= 11 is 0. The Bertz CT molecular complexity index is 696. The van der Waals surface area contributed by atoms with Gasteiger partial charge >= 0.3 is 11.9 Å². The molecule has 0 aromatic heterocycles. The van der Waals surface area contributed by atoms with Gasteiger partial charge in [-0.15, -0.1) is 0 Å². The van der Waals surface area contributed by atoms with Crippen LogP contribution >= 0.6 is 0 Å². The molecule has 168 valence electrons. The molecule has 6 heteroatoms. The number of esters is 2. The number of fused-ring (bicyclic) bond motifs is 1. The average Bonchev–Trinajstić information content (AvgIpc) is 2.65. The number of rotatable bonds is 6. The van der Waals surface area contributed by atoms with Crippen LogP contribution in [0.15, 0.2) is 23.8 Å². The van der Waals surface area contributed by atoms with E-state index in [9.17, 15) is 19.8 Å². The van der Waals surface area contributed by atoms with E-state index in [1.54, 1.807) is 13.8 Å². The molecule has 0 aromatic rings. The van der Waals surface area contributed by atoms with Crippen LogP contribution in [0.5, 0.6) is 0 Å². The summed E-state index contributed by atoms with van der Waals surface area (Å²) in [4.78, 5) is 24.3. The molecule has 0 amide bonds. The van der Waals surface area contributed by atoms with E-state index in [1.165, 1.54) is 5.57 Å². The first-order valence-electron chi connectivity index (χ1n) is 11.3. The molecule has 3 aliphatic rings. The third-order valence-corrected chi connectivity index (χ3v) is 7.02. The van der Waals surface area contributed by atoms with E-state index in [1.807, 2.05) is 0 Å². The largest absolute Gasteiger partial charge is 0.462 e. The molecule has 0 saturated carbocycles. The third kappa shape index (κ3) is 5.33. The van der Waals surface area contributed by atoms with Gasteiger partial charge in [-0.1, -0.05) is 32.1 Å². The highest BCUT2D eigenvalue weighted by Crippen LogP contribution is 2.45. The first-order valence-corrected chi connectivity index (χ1v) is 11.3. The van der Waals surface area contributed by atoms with Crippen molar-refractivity contribution >= 4 is 11.9 Å². The number of cyclic esters (lactones) is 1. The summed E-state index contributed by atoms with van der Waals surface area (Å²) < 4.78 is 11.4. The van der Waals surface area contributed by atoms with Crippen LogP contribution in [0.25, 0.3) is 0 Å². The summed E-state index contributed by atoms with van der Waals surface area (Å²) in [6.45, 7) is 7.61. The molecular formula is C24H36O6. The Kier molecular flexibility index (Phi) is 7.40. The van der Waals surface area contributed by atoms with Gasteiger partial charge < -0.3 is 19.7 Å². The minimum atomic E-state index is -0.748. The van der Waals surface area contributed by atoms with Crippen LogP contribution < -0.4 is 0 Å². The highest BCUT2D eigenvalue weighted by Gasteiger charge is 2.42. The predicted octanol–water partition coefficient (Wildman–Crippen LogP) is 3.17. The molecule has 0 aromatic carbocycles. The van der Waals surface area contributed by atoms with Gasteiger partial charge in [0.05, 0.1) is 24.5 Å². The highest BCUT2D eigenvalue weighted by molar-refractivity contribution is 5.73. The predicted molar refractivity (Wildman–Crippen MR) is 112 cm³/mol. The van der Waals surface area contributed by atoms with Crippen molar-refractivity contribution < 1.29 is 29.3 Å². The standard InChI is InChI=1S/C24H36O6/c1-13-9-17-6-5-14(2)20(8-7-19-11-18(26)12-22(27)29-19)23(17)21(10-13)30-24(28)15(3)16(4)25/h5-6,9,13-16,18-21,23,25-26H,7-8,10-12H2,1-4H3/t13-,14-,15-,16?,18+,19+,20-,21-,23?/m0/s1. The second-order valence-corrected chi connectivity index (χ2v) is 9.58. The normalized spacial score (nSPS) is 38.1. The monoisotopic (exact) mass is 420 g/mol. The molecular weight excluding hydrogens is 384 g/mol. The number of hydrogen-bond acceptors (Lipinski definition) is 6. The molecule has 9 atom stereocenters. The molecule has 2 unspecified atom stereocenters. The highest BCUT2D eigenvalue weighted by atomic mass is 16.6. The van der Waals surface area contributed by atoms with Crippen LogP contribution in [0.4, 0.5) is 0 Å². The van der Waals surface area contributed by atoms with E-state index in [2.05, 4.69) is 32.1 Å². The fourth-order valence-electron chi connectivity index (χ4n) is 5.09. The lowest BCUT2D eigenvalue weighted by atomic mass is 9.65. The van der Waals surface area contributed by atoms with Crippen LogP contribution in [0.3, 0.4) is 0 Å². The average molecular weight is 421 g/mol. The van der Waals surface area contributed by atoms with Crippen molar-refractivity contribution in [3.05, 3.63) is 23.8 Å². The Morgan fingerprint density at radius 2 is 2.00 bits per heavy atom. The van der Waals surface area contributed by atoms with Crippen LogP contribution in [-0.4, -0.2) is 46.6 Å². The number of hydrogen-bond donors (Lipinski definition) is 2. The Hall–Kier alpha value is -1.66. The van der Waals surface area contributed by atoms with Crippen LogP contribution in [0.2, 0.25) is 0 Å². The van der Waals surface area contributed by atoms with Gasteiger partial charge in [0.2, 0.25) is 0 Å². The Labute approximate surface area is 179 Å². The van der Waals surface area contributed by atoms with Gasteiger partial charge in [0.15, 0.2) is 0 Å². The lowest BCUT2D eigenvalue weighted by molar-refractivity contribution is -0.164. The fraction of sp³-hybridized carbons (Fsp3) is 0.750. The van der Waals surface area contributed by atoms with E-state index in [4.69, 9.17) is 9.47 Å². The SMILES string of the molecule is CC(O)[C@H](C)C(=O)O[C@H]1C[C@@H](C)C=C2C=C[C@H](C)[C@H](CC[C@@H]3C[C@@H](O)CC(=O)O3)C21. The molecule has 0 radical (unpaired) electrons. The van der Waals surface area contributed by atoms with Crippen molar-refractivity contribution in [3.8, 4) is 0 Å². The van der Waals surface area contributed by atoms with E-state index in [-0.39, 0.29) is 42.4 Å². The van der Waals surface area contributed by atoms with E-state index in [0.717, 1.165) is 12.8 Å². The first kappa shape index (κ1) is 23.0. The number of aliphatic hydroxyl groups excluding tert-OH is 2. The topological polar surface area (TPSA) is 93.1 Å². The molecule has 1 heterocycles. The van der Waals surface area contributed by atoms with Crippen molar-refractivity contribution in [3.63, 3.8) is 0 Å². The minimum Gasteiger partial charge on any atom is -0.462 e. The van der Waals surface area contributed by atoms with Gasteiger partial charge in [0.25, 0.3) is 0 Å². The van der Waals surface area contributed by atoms with E-state index >= 15 is 0 Å². The van der Waals surface area contributed by atoms with Crippen molar-refractivity contribution in [2.45, 2.75) is 84.2 Å². The maximum absolute atomic E-state index is 12.6. The molecule has 30 heavy (non-hydrogen) atoms. The van der Waals surface area contributed by atoms with Gasteiger partial charge in [-0.25, -0.2) is 0 Å². The van der Waals surface area contributed by atoms with Crippen LogP contribution in [0.1, 0.15) is 59.8 Å². The molecule has 0 bridgehead atoms. The zero-order valence-electron chi connectivity index (χ0n) is 18.5. The van der Waals surface area contributed by atoms with Gasteiger partial charge in [-0.3, -0.25) is 9.59 Å². The Balaban J connectivity index is 1.74. The minimum absolute atomic E-state index is 0.0754. The van der Waals surface area contributed by atoms with Gasteiger partial charge in [-0.05, 0) is 56.4 Å². The number of ether oxygens (including phenoxy) is 2. The fourth-order valence-corrected chi connectivity index (χ4v) is 5.09. The molecule has 6 nitrogen and oxygen atoms in total. The molecule has 1 saturated heterocycles. The molecule has 1 aliphatic heterocycles. The summed E-state index contributed by atoms with van der Waals surface area (Å²) in [6, 6.07) is 0. The molecule has 2 aliphatic carbocycles. The molecule has 1 fully saturated rings. The second-order valence-electron chi connectivity index (χ2n) is 9.58. The Morgan fingerprint density at radius 3 is 2.67 bits per heavy atom. The maximum Gasteiger partial charge on any atom is 0.311 e. The summed E-state index contributed by atoms with van der Waals surface area (Å²) in [5.74, 6) is -0.283. The molecule has 0 spiro atoms. The van der Waals surface area contributed by atoms with Gasteiger partial charge in [0, 0.05) is 12.3 Å². The molecule has 2 N–H and O–H groups in total. The van der Waals surface area contributed by atoms with E-state index in [0.29, 0.717) is 24.7 Å². The van der Waals surface area contributed by atoms with Gasteiger partial charge in [0.1, 0.15) is 12.2 Å². The van der Waals surface area contributed by atoms with Crippen LogP contribution in [-0.2, 0) is 19.1 Å². The number of carbonyl (C=O) groups excluding carboxylic acids is 2. The van der Waals surface area contributed by atoms with Crippen molar-refractivity contribution in [2.24, 2.45) is 29.6 Å². The van der Waals surface area contributed by atoms with Crippen molar-refractivity contribution in [1.82, 2.24) is 0 Å². The number of carbonyl (C=O) groups is 2. The number of allylic oxidation sites excluding steroid dienone is 3. The molecule has 3 rings (SSSR count). The second kappa shape index (κ2) is 9.65. The summed E-state index contributed by atoms with van der Waals surface area (Å²) in [6.07, 6.45) is 7.62. The van der Waals surface area contributed by atoms with Crippen LogP contribution in [0, 0.1) is 29.6 Å². The summed E-state index contributed by atoms with van der Waals surface area (Å²) in [5.41, 5.74) is 1.21. The smallest absolute Gasteiger partial charge is 0.311 e. The lowest BCUT2D eigenvalue weighted by Crippen LogP contribution is -2.42. The summed E-state index contributed by atoms with van der Waals surface area (Å²) in [5, 5.41) is 19.7. The Morgan fingerprint density at radius 1 is 1.27 bits per heavy atom. The summed E-state index contributed by atoms with van der Waals surface area (Å²) in [7, 11) is 0. The van der Waals surface area contributed by atoms with E-state index < -0.39 is 18.1 Å². The van der Waals surface area contributed by atoms with Gasteiger partial charge in [-0.2, -0.15) is 0 Å². The van der Waals surface area contributed by atoms with Crippen molar-refractivity contribution in [2.75, 3.05) is 0 Å². The quantitative estimate of drug-likeness (QED) is 0.641.